The molecule has 1 heterocycles. The monoisotopic (exact) mass is 254 g/mol. The summed E-state index contributed by atoms with van der Waals surface area (Å²) in [7, 11) is 0. The predicted molar refractivity (Wildman–Crippen MR) is 68.6 cm³/mol. The number of carbonyl (C=O) groups excluding carboxylic acids is 1. The standard InChI is InChI=1S/C12H15ClN2O2/c1-8(16)14-12-3-2-9(6-11(12)13)15-10-4-5-17-7-10/h2-3,6,10,15H,4-5,7H2,1H3,(H,14,16). The Hall–Kier alpha value is -1.26. The van der Waals surface area contributed by atoms with Crippen LogP contribution in [-0.2, 0) is 9.53 Å². The number of anilines is 2. The second-order valence-electron chi connectivity index (χ2n) is 4.08. The molecule has 1 saturated heterocycles. The first kappa shape index (κ1) is 12.2. The van der Waals surface area contributed by atoms with E-state index in [4.69, 9.17) is 16.3 Å². The number of nitrogens with one attached hydrogen (secondary N) is 2. The Morgan fingerprint density at radius 3 is 2.94 bits per heavy atom. The molecule has 1 amide bonds. The molecule has 1 aromatic carbocycles. The van der Waals surface area contributed by atoms with Gasteiger partial charge in [-0.05, 0) is 24.6 Å². The van der Waals surface area contributed by atoms with Crippen LogP contribution in [0.2, 0.25) is 5.02 Å². The molecule has 0 aromatic heterocycles. The van der Waals surface area contributed by atoms with E-state index in [1.807, 2.05) is 12.1 Å². The van der Waals surface area contributed by atoms with Gasteiger partial charge in [-0.2, -0.15) is 0 Å². The van der Waals surface area contributed by atoms with Gasteiger partial charge >= 0.3 is 0 Å². The third kappa shape index (κ3) is 3.35. The second kappa shape index (κ2) is 5.38. The highest BCUT2D eigenvalue weighted by atomic mass is 35.5. The van der Waals surface area contributed by atoms with E-state index in [9.17, 15) is 4.79 Å². The molecule has 1 aliphatic heterocycles. The lowest BCUT2D eigenvalue weighted by atomic mass is 10.2. The molecule has 0 spiro atoms. The van der Waals surface area contributed by atoms with Crippen molar-refractivity contribution in [2.75, 3.05) is 23.8 Å². The summed E-state index contributed by atoms with van der Waals surface area (Å²) in [5.41, 5.74) is 1.58. The summed E-state index contributed by atoms with van der Waals surface area (Å²) in [6.45, 7) is 2.98. The Balaban J connectivity index is 2.04. The first-order chi connectivity index (χ1) is 8.15. The molecular weight excluding hydrogens is 240 g/mol. The van der Waals surface area contributed by atoms with Crippen molar-refractivity contribution < 1.29 is 9.53 Å². The van der Waals surface area contributed by atoms with Crippen LogP contribution in [-0.4, -0.2) is 25.2 Å². The fourth-order valence-electron chi connectivity index (χ4n) is 1.78. The quantitative estimate of drug-likeness (QED) is 0.871. The maximum atomic E-state index is 10.9. The molecule has 2 N–H and O–H groups in total. The van der Waals surface area contributed by atoms with E-state index in [-0.39, 0.29) is 5.91 Å². The summed E-state index contributed by atoms with van der Waals surface area (Å²) >= 11 is 6.07. The van der Waals surface area contributed by atoms with Crippen molar-refractivity contribution in [2.24, 2.45) is 0 Å². The van der Waals surface area contributed by atoms with Crippen LogP contribution in [0.1, 0.15) is 13.3 Å². The Labute approximate surface area is 105 Å². The summed E-state index contributed by atoms with van der Waals surface area (Å²) < 4.78 is 5.28. The van der Waals surface area contributed by atoms with Crippen molar-refractivity contribution in [3.63, 3.8) is 0 Å². The number of rotatable bonds is 3. The molecule has 1 atom stereocenters. The summed E-state index contributed by atoms with van der Waals surface area (Å²) in [5, 5.41) is 6.54. The van der Waals surface area contributed by atoms with Crippen molar-refractivity contribution in [1.82, 2.24) is 0 Å². The highest BCUT2D eigenvalue weighted by Crippen LogP contribution is 2.26. The van der Waals surface area contributed by atoms with Gasteiger partial charge in [0.2, 0.25) is 5.91 Å². The Morgan fingerprint density at radius 1 is 1.53 bits per heavy atom. The molecule has 0 aliphatic carbocycles. The van der Waals surface area contributed by atoms with Gasteiger partial charge in [0, 0.05) is 19.2 Å². The van der Waals surface area contributed by atoms with Crippen molar-refractivity contribution in [3.8, 4) is 0 Å². The normalized spacial score (nSPS) is 19.1. The zero-order chi connectivity index (χ0) is 12.3. The highest BCUT2D eigenvalue weighted by molar-refractivity contribution is 6.34. The van der Waals surface area contributed by atoms with E-state index >= 15 is 0 Å². The number of carbonyl (C=O) groups is 1. The van der Waals surface area contributed by atoms with Crippen LogP contribution in [0.15, 0.2) is 18.2 Å². The molecule has 1 aromatic rings. The van der Waals surface area contributed by atoms with Gasteiger partial charge in [-0.3, -0.25) is 4.79 Å². The van der Waals surface area contributed by atoms with Crippen LogP contribution in [0.3, 0.4) is 0 Å². The lowest BCUT2D eigenvalue weighted by Crippen LogP contribution is -2.18. The summed E-state index contributed by atoms with van der Waals surface area (Å²) in [5.74, 6) is -0.128. The number of halogens is 1. The van der Waals surface area contributed by atoms with Crippen molar-refractivity contribution in [1.29, 1.82) is 0 Å². The fourth-order valence-corrected chi connectivity index (χ4v) is 2.01. The molecule has 1 unspecified atom stereocenters. The molecule has 0 saturated carbocycles. The van der Waals surface area contributed by atoms with Crippen LogP contribution in [0, 0.1) is 0 Å². The maximum absolute atomic E-state index is 10.9. The lowest BCUT2D eigenvalue weighted by Gasteiger charge is -2.13. The Morgan fingerprint density at radius 2 is 2.35 bits per heavy atom. The molecule has 4 nitrogen and oxygen atoms in total. The van der Waals surface area contributed by atoms with Crippen LogP contribution in [0.25, 0.3) is 0 Å². The van der Waals surface area contributed by atoms with Gasteiger partial charge in [0.1, 0.15) is 0 Å². The van der Waals surface area contributed by atoms with E-state index in [1.165, 1.54) is 6.92 Å². The molecule has 5 heteroatoms. The van der Waals surface area contributed by atoms with E-state index in [0.29, 0.717) is 16.8 Å². The molecule has 1 fully saturated rings. The molecule has 1 aliphatic rings. The number of hydrogen-bond acceptors (Lipinski definition) is 3. The van der Waals surface area contributed by atoms with Crippen molar-refractivity contribution in [2.45, 2.75) is 19.4 Å². The van der Waals surface area contributed by atoms with Crippen molar-refractivity contribution in [3.05, 3.63) is 23.2 Å². The van der Waals surface area contributed by atoms with Crippen LogP contribution in [0.5, 0.6) is 0 Å². The smallest absolute Gasteiger partial charge is 0.221 e. The van der Waals surface area contributed by atoms with E-state index in [1.54, 1.807) is 6.07 Å². The lowest BCUT2D eigenvalue weighted by molar-refractivity contribution is -0.114. The van der Waals surface area contributed by atoms with Crippen LogP contribution < -0.4 is 10.6 Å². The van der Waals surface area contributed by atoms with Gasteiger partial charge in [0.25, 0.3) is 0 Å². The minimum Gasteiger partial charge on any atom is -0.380 e. The van der Waals surface area contributed by atoms with Crippen LogP contribution >= 0.6 is 11.6 Å². The molecule has 2 rings (SSSR count). The summed E-state index contributed by atoms with van der Waals surface area (Å²) in [6, 6.07) is 5.85. The Kier molecular flexibility index (Phi) is 3.86. The minimum atomic E-state index is -0.128. The zero-order valence-corrected chi connectivity index (χ0v) is 10.4. The van der Waals surface area contributed by atoms with Gasteiger partial charge in [-0.15, -0.1) is 0 Å². The van der Waals surface area contributed by atoms with Gasteiger partial charge in [-0.1, -0.05) is 11.6 Å². The predicted octanol–water partition coefficient (Wildman–Crippen LogP) is 2.50. The zero-order valence-electron chi connectivity index (χ0n) is 9.63. The topological polar surface area (TPSA) is 50.4 Å². The second-order valence-corrected chi connectivity index (χ2v) is 4.49. The van der Waals surface area contributed by atoms with E-state index < -0.39 is 0 Å². The number of benzene rings is 1. The van der Waals surface area contributed by atoms with Gasteiger partial charge in [0.15, 0.2) is 0 Å². The van der Waals surface area contributed by atoms with E-state index in [2.05, 4.69) is 10.6 Å². The van der Waals surface area contributed by atoms with E-state index in [0.717, 1.165) is 25.3 Å². The number of hydrogen-bond donors (Lipinski definition) is 2. The van der Waals surface area contributed by atoms with Gasteiger partial charge in [-0.25, -0.2) is 0 Å². The molecule has 17 heavy (non-hydrogen) atoms. The summed E-state index contributed by atoms with van der Waals surface area (Å²) in [4.78, 5) is 10.9. The van der Waals surface area contributed by atoms with Gasteiger partial charge in [0.05, 0.1) is 23.4 Å². The molecule has 0 bridgehead atoms. The third-order valence-corrected chi connectivity index (χ3v) is 2.89. The maximum Gasteiger partial charge on any atom is 0.221 e. The first-order valence-electron chi connectivity index (χ1n) is 5.56. The minimum absolute atomic E-state index is 0.128. The average Bonchev–Trinajstić information content (AvgIpc) is 2.74. The fraction of sp³-hybridized carbons (Fsp3) is 0.417. The number of ether oxygens (including phenoxy) is 1. The number of amides is 1. The first-order valence-corrected chi connectivity index (χ1v) is 5.94. The SMILES string of the molecule is CC(=O)Nc1ccc(NC2CCOC2)cc1Cl. The molecule has 0 radical (unpaired) electrons. The summed E-state index contributed by atoms with van der Waals surface area (Å²) in [6.07, 6.45) is 1.01. The molecular formula is C12H15ClN2O2. The Bertz CT molecular complexity index is 417. The van der Waals surface area contributed by atoms with Gasteiger partial charge < -0.3 is 15.4 Å². The molecule has 92 valence electrons. The van der Waals surface area contributed by atoms with Crippen LogP contribution in [0.4, 0.5) is 11.4 Å². The van der Waals surface area contributed by atoms with Crippen molar-refractivity contribution >= 4 is 28.9 Å². The highest BCUT2D eigenvalue weighted by Gasteiger charge is 2.15. The third-order valence-electron chi connectivity index (χ3n) is 2.58. The largest absolute Gasteiger partial charge is 0.380 e. The average molecular weight is 255 g/mol.